The minimum atomic E-state index is 0.490. The molecular formula is C14H19N3. The predicted molar refractivity (Wildman–Crippen MR) is 69.9 cm³/mol. The molecule has 2 rings (SSSR count). The topological polar surface area (TPSA) is 43.8 Å². The Kier molecular flexibility index (Phi) is 3.94. The Labute approximate surface area is 102 Å². The third-order valence-electron chi connectivity index (χ3n) is 3.01. The summed E-state index contributed by atoms with van der Waals surface area (Å²) in [7, 11) is 0. The van der Waals surface area contributed by atoms with Crippen LogP contribution >= 0.6 is 0 Å². The Morgan fingerprint density at radius 3 is 2.76 bits per heavy atom. The molecule has 1 aromatic heterocycles. The van der Waals surface area contributed by atoms with Crippen molar-refractivity contribution in [2.45, 2.75) is 25.8 Å². The zero-order valence-corrected chi connectivity index (χ0v) is 10.2. The standard InChI is InChI=1S/C14H19N3/c1-12(7-8-15)14-9-16-17(11-14)10-13-5-3-2-4-6-13/h2-6,9,11-12H,7-8,10,15H2,1H3. The summed E-state index contributed by atoms with van der Waals surface area (Å²) in [6.45, 7) is 3.75. The molecule has 0 aliphatic heterocycles. The lowest BCUT2D eigenvalue weighted by Crippen LogP contribution is -2.04. The molecule has 0 spiro atoms. The molecule has 0 radical (unpaired) electrons. The summed E-state index contributed by atoms with van der Waals surface area (Å²) >= 11 is 0. The first-order valence-corrected chi connectivity index (χ1v) is 6.06. The largest absolute Gasteiger partial charge is 0.330 e. The Morgan fingerprint density at radius 1 is 1.29 bits per heavy atom. The van der Waals surface area contributed by atoms with E-state index in [1.165, 1.54) is 11.1 Å². The Balaban J connectivity index is 2.04. The lowest BCUT2D eigenvalue weighted by atomic mass is 10.0. The highest BCUT2D eigenvalue weighted by atomic mass is 15.3. The third-order valence-corrected chi connectivity index (χ3v) is 3.01. The van der Waals surface area contributed by atoms with Gasteiger partial charge in [0.2, 0.25) is 0 Å². The van der Waals surface area contributed by atoms with E-state index in [0.29, 0.717) is 5.92 Å². The molecule has 17 heavy (non-hydrogen) atoms. The second-order valence-electron chi connectivity index (χ2n) is 4.44. The van der Waals surface area contributed by atoms with Gasteiger partial charge in [-0.1, -0.05) is 37.3 Å². The average Bonchev–Trinajstić information content (AvgIpc) is 2.79. The molecule has 3 nitrogen and oxygen atoms in total. The van der Waals surface area contributed by atoms with Crippen LogP contribution in [0.4, 0.5) is 0 Å². The van der Waals surface area contributed by atoms with E-state index in [-0.39, 0.29) is 0 Å². The van der Waals surface area contributed by atoms with Crippen molar-refractivity contribution in [2.24, 2.45) is 5.73 Å². The van der Waals surface area contributed by atoms with Crippen LogP contribution in [0.1, 0.15) is 30.4 Å². The summed E-state index contributed by atoms with van der Waals surface area (Å²) in [5.74, 6) is 0.490. The highest BCUT2D eigenvalue weighted by Crippen LogP contribution is 2.17. The van der Waals surface area contributed by atoms with Crippen molar-refractivity contribution in [2.75, 3.05) is 6.54 Å². The molecule has 0 fully saturated rings. The molecule has 0 aliphatic rings. The Hall–Kier alpha value is -1.61. The van der Waals surface area contributed by atoms with Crippen LogP contribution < -0.4 is 5.73 Å². The van der Waals surface area contributed by atoms with E-state index >= 15 is 0 Å². The van der Waals surface area contributed by atoms with Gasteiger partial charge in [0.15, 0.2) is 0 Å². The van der Waals surface area contributed by atoms with E-state index in [9.17, 15) is 0 Å². The fourth-order valence-electron chi connectivity index (χ4n) is 1.91. The molecule has 3 heteroatoms. The number of hydrogen-bond acceptors (Lipinski definition) is 2. The predicted octanol–water partition coefficient (Wildman–Crippen LogP) is 2.38. The summed E-state index contributed by atoms with van der Waals surface area (Å²) < 4.78 is 1.98. The maximum atomic E-state index is 5.57. The van der Waals surface area contributed by atoms with Crippen molar-refractivity contribution in [3.63, 3.8) is 0 Å². The first kappa shape index (κ1) is 11.9. The number of aromatic nitrogens is 2. The molecule has 0 saturated heterocycles. The second kappa shape index (κ2) is 5.64. The Bertz CT molecular complexity index is 448. The zero-order chi connectivity index (χ0) is 12.1. The monoisotopic (exact) mass is 229 g/mol. The molecule has 1 aromatic carbocycles. The summed E-state index contributed by atoms with van der Waals surface area (Å²) in [5, 5.41) is 4.39. The van der Waals surface area contributed by atoms with Crippen LogP contribution in [0.25, 0.3) is 0 Å². The number of nitrogens with zero attached hydrogens (tertiary/aromatic N) is 2. The number of nitrogens with two attached hydrogens (primary N) is 1. The highest BCUT2D eigenvalue weighted by molar-refractivity contribution is 5.16. The number of hydrogen-bond donors (Lipinski definition) is 1. The lowest BCUT2D eigenvalue weighted by molar-refractivity contribution is 0.673. The summed E-state index contributed by atoms with van der Waals surface area (Å²) in [6.07, 6.45) is 5.08. The van der Waals surface area contributed by atoms with Crippen molar-refractivity contribution in [3.8, 4) is 0 Å². The van der Waals surface area contributed by atoms with E-state index in [0.717, 1.165) is 19.5 Å². The molecule has 1 heterocycles. The summed E-state index contributed by atoms with van der Waals surface area (Å²) in [5.41, 5.74) is 8.11. The van der Waals surface area contributed by atoms with Crippen molar-refractivity contribution >= 4 is 0 Å². The van der Waals surface area contributed by atoms with Gasteiger partial charge in [-0.05, 0) is 30.0 Å². The summed E-state index contributed by atoms with van der Waals surface area (Å²) in [6, 6.07) is 10.4. The van der Waals surface area contributed by atoms with Gasteiger partial charge < -0.3 is 5.73 Å². The van der Waals surface area contributed by atoms with Gasteiger partial charge in [0.25, 0.3) is 0 Å². The number of rotatable bonds is 5. The molecule has 0 aliphatic carbocycles. The van der Waals surface area contributed by atoms with Crippen LogP contribution in [0.15, 0.2) is 42.7 Å². The van der Waals surface area contributed by atoms with Gasteiger partial charge >= 0.3 is 0 Å². The average molecular weight is 229 g/mol. The van der Waals surface area contributed by atoms with Crippen LogP contribution in [0.2, 0.25) is 0 Å². The SMILES string of the molecule is CC(CCN)c1cnn(Cc2ccccc2)c1. The van der Waals surface area contributed by atoms with Gasteiger partial charge in [0.05, 0.1) is 12.7 Å². The minimum absolute atomic E-state index is 0.490. The van der Waals surface area contributed by atoms with Crippen molar-refractivity contribution < 1.29 is 0 Å². The van der Waals surface area contributed by atoms with Gasteiger partial charge in [0.1, 0.15) is 0 Å². The quantitative estimate of drug-likeness (QED) is 0.855. The first-order chi connectivity index (χ1) is 8.29. The lowest BCUT2D eigenvalue weighted by Gasteiger charge is -2.06. The second-order valence-corrected chi connectivity index (χ2v) is 4.44. The van der Waals surface area contributed by atoms with Crippen LogP contribution in [0.3, 0.4) is 0 Å². The third kappa shape index (κ3) is 3.17. The summed E-state index contributed by atoms with van der Waals surface area (Å²) in [4.78, 5) is 0. The van der Waals surface area contributed by atoms with Crippen LogP contribution in [-0.2, 0) is 6.54 Å². The molecule has 90 valence electrons. The van der Waals surface area contributed by atoms with Crippen molar-refractivity contribution in [1.29, 1.82) is 0 Å². The van der Waals surface area contributed by atoms with E-state index < -0.39 is 0 Å². The van der Waals surface area contributed by atoms with Gasteiger partial charge in [-0.25, -0.2) is 0 Å². The Morgan fingerprint density at radius 2 is 2.06 bits per heavy atom. The van der Waals surface area contributed by atoms with Gasteiger partial charge in [0, 0.05) is 6.20 Å². The van der Waals surface area contributed by atoms with E-state index in [1.807, 2.05) is 16.9 Å². The van der Waals surface area contributed by atoms with Crippen molar-refractivity contribution in [1.82, 2.24) is 9.78 Å². The van der Waals surface area contributed by atoms with Gasteiger partial charge in [-0.15, -0.1) is 0 Å². The zero-order valence-electron chi connectivity index (χ0n) is 10.2. The fourth-order valence-corrected chi connectivity index (χ4v) is 1.91. The molecule has 1 atom stereocenters. The van der Waals surface area contributed by atoms with E-state index in [1.54, 1.807) is 0 Å². The first-order valence-electron chi connectivity index (χ1n) is 6.06. The van der Waals surface area contributed by atoms with Crippen LogP contribution in [-0.4, -0.2) is 16.3 Å². The maximum Gasteiger partial charge on any atom is 0.0659 e. The molecule has 2 N–H and O–H groups in total. The van der Waals surface area contributed by atoms with E-state index in [4.69, 9.17) is 5.73 Å². The fraction of sp³-hybridized carbons (Fsp3) is 0.357. The smallest absolute Gasteiger partial charge is 0.0659 e. The molecule has 2 aromatic rings. The minimum Gasteiger partial charge on any atom is -0.330 e. The van der Waals surface area contributed by atoms with E-state index in [2.05, 4.69) is 42.5 Å². The molecule has 0 saturated carbocycles. The molecule has 0 bridgehead atoms. The van der Waals surface area contributed by atoms with Gasteiger partial charge in [-0.3, -0.25) is 4.68 Å². The van der Waals surface area contributed by atoms with Crippen molar-refractivity contribution in [3.05, 3.63) is 53.9 Å². The maximum absolute atomic E-state index is 5.57. The normalized spacial score (nSPS) is 12.6. The molecule has 1 unspecified atom stereocenters. The number of benzene rings is 1. The van der Waals surface area contributed by atoms with Crippen LogP contribution in [0.5, 0.6) is 0 Å². The molecule has 0 amide bonds. The van der Waals surface area contributed by atoms with Crippen LogP contribution in [0, 0.1) is 0 Å². The highest BCUT2D eigenvalue weighted by Gasteiger charge is 2.07. The molecular weight excluding hydrogens is 210 g/mol. The van der Waals surface area contributed by atoms with Gasteiger partial charge in [-0.2, -0.15) is 5.10 Å².